The molecule has 0 fully saturated rings. The number of carbonyl (C=O) groups is 1. The van der Waals surface area contributed by atoms with Gasteiger partial charge in [-0.1, -0.05) is 35.9 Å². The van der Waals surface area contributed by atoms with Crippen molar-refractivity contribution >= 4 is 39.7 Å². The van der Waals surface area contributed by atoms with Gasteiger partial charge in [-0.2, -0.15) is 4.31 Å². The maximum atomic E-state index is 13.9. The molecule has 174 valence electrons. The Kier molecular flexibility index (Phi) is 6.37. The standard InChI is InChI=1S/C23H22ClFN2O5S/c1-26-16(13-28)12-27(15-5-3-2-4-6-15)21-11-19(24)17(10-22(21)33(26,31)32)14-7-8-20(25)18(9-14)23(29)30/h2-11,16,28,31-32H,12-13H2,1H3,(H,29,30). The molecule has 1 aliphatic heterocycles. The van der Waals surface area contributed by atoms with Gasteiger partial charge in [-0.15, -0.1) is 10.8 Å². The second kappa shape index (κ2) is 8.94. The average Bonchev–Trinajstić information content (AvgIpc) is 2.87. The number of para-hydroxylation sites is 1. The Balaban J connectivity index is 1.96. The molecular weight excluding hydrogens is 471 g/mol. The molecule has 0 saturated heterocycles. The van der Waals surface area contributed by atoms with Gasteiger partial charge in [-0.05, 0) is 42.0 Å². The monoisotopic (exact) mass is 492 g/mol. The number of aliphatic hydroxyl groups excluding tert-OH is 1. The second-order valence-corrected chi connectivity index (χ2v) is 10.1. The molecule has 7 nitrogen and oxygen atoms in total. The molecule has 4 N–H and O–H groups in total. The largest absolute Gasteiger partial charge is 0.478 e. The van der Waals surface area contributed by atoms with Crippen LogP contribution >= 0.6 is 22.4 Å². The highest BCUT2D eigenvalue weighted by Crippen LogP contribution is 2.59. The van der Waals surface area contributed by atoms with Crippen LogP contribution in [0.2, 0.25) is 5.02 Å². The predicted octanol–water partition coefficient (Wildman–Crippen LogP) is 5.31. The van der Waals surface area contributed by atoms with Crippen LogP contribution in [0.4, 0.5) is 15.8 Å². The lowest BCUT2D eigenvalue weighted by Crippen LogP contribution is -2.41. The van der Waals surface area contributed by atoms with Crippen LogP contribution in [0.15, 0.2) is 65.6 Å². The lowest BCUT2D eigenvalue weighted by Gasteiger charge is -2.42. The number of nitrogens with zero attached hydrogens (tertiary/aromatic N) is 2. The third kappa shape index (κ3) is 4.19. The fraction of sp³-hybridized carbons (Fsp3) is 0.174. The summed E-state index contributed by atoms with van der Waals surface area (Å²) < 4.78 is 37.7. The van der Waals surface area contributed by atoms with Crippen LogP contribution in [0, 0.1) is 5.82 Å². The number of rotatable bonds is 4. The first-order valence-electron chi connectivity index (χ1n) is 9.96. The van der Waals surface area contributed by atoms with Crippen LogP contribution in [0.25, 0.3) is 11.1 Å². The van der Waals surface area contributed by atoms with E-state index in [0.717, 1.165) is 17.8 Å². The van der Waals surface area contributed by atoms with Crippen LogP contribution < -0.4 is 4.90 Å². The molecule has 33 heavy (non-hydrogen) atoms. The maximum Gasteiger partial charge on any atom is 0.338 e. The molecule has 10 heteroatoms. The number of benzene rings is 3. The molecule has 1 unspecified atom stereocenters. The number of hydrogen-bond donors (Lipinski definition) is 4. The van der Waals surface area contributed by atoms with Crippen molar-refractivity contribution in [3.63, 3.8) is 0 Å². The smallest absolute Gasteiger partial charge is 0.338 e. The van der Waals surface area contributed by atoms with Crippen LogP contribution in [-0.2, 0) is 0 Å². The van der Waals surface area contributed by atoms with Crippen LogP contribution in [0.1, 0.15) is 10.4 Å². The number of anilines is 2. The minimum atomic E-state index is -3.56. The van der Waals surface area contributed by atoms with Gasteiger partial charge in [0.2, 0.25) is 0 Å². The van der Waals surface area contributed by atoms with E-state index in [-0.39, 0.29) is 23.1 Å². The number of carboxylic acid groups (broad SMARTS) is 1. The molecule has 0 aromatic heterocycles. The molecule has 1 aliphatic rings. The lowest BCUT2D eigenvalue weighted by atomic mass is 10.0. The van der Waals surface area contributed by atoms with E-state index in [2.05, 4.69) is 0 Å². The lowest BCUT2D eigenvalue weighted by molar-refractivity contribution is 0.0692. The minimum Gasteiger partial charge on any atom is -0.478 e. The van der Waals surface area contributed by atoms with E-state index in [9.17, 15) is 28.5 Å². The molecule has 0 aliphatic carbocycles. The first kappa shape index (κ1) is 23.5. The number of likely N-dealkylation sites (N-methyl/N-ethyl adjacent to an activating group) is 1. The minimum absolute atomic E-state index is 0.158. The molecule has 0 amide bonds. The Morgan fingerprint density at radius 1 is 1.15 bits per heavy atom. The third-order valence-corrected chi connectivity index (χ3v) is 8.06. The van der Waals surface area contributed by atoms with Crippen molar-refractivity contribution in [1.29, 1.82) is 0 Å². The number of carboxylic acids is 1. The SMILES string of the molecule is CN1C(CO)CN(c2ccccc2)c2cc(Cl)c(-c3ccc(F)c(C(=O)O)c3)cc2S1(O)O. The van der Waals surface area contributed by atoms with Crippen molar-refractivity contribution in [1.82, 2.24) is 4.31 Å². The average molecular weight is 493 g/mol. The molecule has 0 bridgehead atoms. The van der Waals surface area contributed by atoms with Gasteiger partial charge in [0.05, 0.1) is 33.8 Å². The summed E-state index contributed by atoms with van der Waals surface area (Å²) in [5.74, 6) is -2.31. The van der Waals surface area contributed by atoms with Gasteiger partial charge in [0, 0.05) is 24.8 Å². The van der Waals surface area contributed by atoms with Crippen molar-refractivity contribution in [2.24, 2.45) is 0 Å². The zero-order valence-electron chi connectivity index (χ0n) is 17.5. The molecule has 3 aromatic rings. The fourth-order valence-corrected chi connectivity index (χ4v) is 5.72. The van der Waals surface area contributed by atoms with E-state index in [1.165, 1.54) is 23.5 Å². The topological polar surface area (TPSA) is 104 Å². The van der Waals surface area contributed by atoms with Crippen molar-refractivity contribution in [3.05, 3.63) is 77.1 Å². The van der Waals surface area contributed by atoms with Gasteiger partial charge < -0.3 is 15.1 Å². The quantitative estimate of drug-likeness (QED) is 0.391. The molecule has 1 heterocycles. The van der Waals surface area contributed by atoms with Crippen molar-refractivity contribution < 1.29 is 28.5 Å². The molecule has 1 atom stereocenters. The highest BCUT2D eigenvalue weighted by molar-refractivity contribution is 8.22. The van der Waals surface area contributed by atoms with E-state index in [1.807, 2.05) is 35.2 Å². The summed E-state index contributed by atoms with van der Waals surface area (Å²) in [5, 5.41) is 19.5. The van der Waals surface area contributed by atoms with Gasteiger partial charge in [-0.3, -0.25) is 9.11 Å². The normalized spacial score (nSPS) is 19.0. The second-order valence-electron chi connectivity index (χ2n) is 7.65. The van der Waals surface area contributed by atoms with Crippen molar-refractivity contribution in [2.45, 2.75) is 10.9 Å². The van der Waals surface area contributed by atoms with Gasteiger partial charge in [0.25, 0.3) is 0 Å². The van der Waals surface area contributed by atoms with E-state index < -0.39 is 34.2 Å². The Morgan fingerprint density at radius 3 is 2.48 bits per heavy atom. The van der Waals surface area contributed by atoms with Gasteiger partial charge in [-0.25, -0.2) is 9.18 Å². The molecule has 3 aromatic carbocycles. The molecular formula is C23H22ClFN2O5S. The Morgan fingerprint density at radius 2 is 1.85 bits per heavy atom. The van der Waals surface area contributed by atoms with Gasteiger partial charge in [0.15, 0.2) is 0 Å². The zero-order valence-corrected chi connectivity index (χ0v) is 19.1. The molecule has 0 radical (unpaired) electrons. The fourth-order valence-electron chi connectivity index (χ4n) is 3.86. The Hall–Kier alpha value is -2.66. The van der Waals surface area contributed by atoms with E-state index in [0.29, 0.717) is 16.8 Å². The summed E-state index contributed by atoms with van der Waals surface area (Å²) in [6.45, 7) is -0.0561. The van der Waals surface area contributed by atoms with Gasteiger partial charge in [0.1, 0.15) is 5.82 Å². The number of aliphatic hydroxyl groups is 1. The molecule has 0 spiro atoms. The maximum absolute atomic E-state index is 13.9. The number of halogens is 2. The molecule has 4 rings (SSSR count). The van der Waals surface area contributed by atoms with Crippen LogP contribution in [0.3, 0.4) is 0 Å². The van der Waals surface area contributed by atoms with Crippen LogP contribution in [-0.4, -0.2) is 55.8 Å². The Labute approximate surface area is 196 Å². The van der Waals surface area contributed by atoms with E-state index >= 15 is 0 Å². The highest BCUT2D eigenvalue weighted by atomic mass is 35.5. The number of aromatic carboxylic acids is 1. The van der Waals surface area contributed by atoms with Crippen molar-refractivity contribution in [2.75, 3.05) is 25.1 Å². The first-order valence-corrected chi connectivity index (χ1v) is 11.8. The Bertz CT molecular complexity index is 1210. The van der Waals surface area contributed by atoms with Crippen molar-refractivity contribution in [3.8, 4) is 11.1 Å². The molecule has 0 saturated carbocycles. The van der Waals surface area contributed by atoms with Gasteiger partial charge >= 0.3 is 5.97 Å². The summed E-state index contributed by atoms with van der Waals surface area (Å²) in [6.07, 6.45) is 0. The van der Waals surface area contributed by atoms with E-state index in [4.69, 9.17) is 11.6 Å². The summed E-state index contributed by atoms with van der Waals surface area (Å²) in [4.78, 5) is 13.4. The first-order chi connectivity index (χ1) is 15.6. The van der Waals surface area contributed by atoms with E-state index in [1.54, 1.807) is 6.07 Å². The third-order valence-electron chi connectivity index (χ3n) is 5.73. The summed E-state index contributed by atoms with van der Waals surface area (Å²) in [6, 6.07) is 15.3. The van der Waals surface area contributed by atoms with Crippen LogP contribution in [0.5, 0.6) is 0 Å². The highest BCUT2D eigenvalue weighted by Gasteiger charge is 2.37. The summed E-state index contributed by atoms with van der Waals surface area (Å²) in [5.41, 5.74) is 1.32. The number of fused-ring (bicyclic) bond motifs is 1. The zero-order chi connectivity index (χ0) is 23.9. The predicted molar refractivity (Wildman–Crippen MR) is 127 cm³/mol. The number of hydrogen-bond acceptors (Lipinski definition) is 6. The summed E-state index contributed by atoms with van der Waals surface area (Å²) >= 11 is 6.59. The summed E-state index contributed by atoms with van der Waals surface area (Å²) in [7, 11) is -2.04.